The van der Waals surface area contributed by atoms with Gasteiger partial charge in [0, 0.05) is 6.42 Å². The van der Waals surface area contributed by atoms with Crippen LogP contribution in [-0.2, 0) is 23.7 Å². The second-order valence-corrected chi connectivity index (χ2v) is 24.6. The molecule has 1 amide bonds. The molecule has 2 rings (SSSR count). The van der Waals surface area contributed by atoms with Gasteiger partial charge in [-0.1, -0.05) is 286 Å². The predicted octanol–water partition coefficient (Wildman–Crippen LogP) is 14.1. The first-order valence-corrected chi connectivity index (χ1v) is 35.0. The van der Waals surface area contributed by atoms with E-state index < -0.39 is 86.8 Å². The van der Waals surface area contributed by atoms with Crippen LogP contribution in [0.1, 0.15) is 290 Å². The molecule has 0 aromatic heterocycles. The molecule has 0 bridgehead atoms. The summed E-state index contributed by atoms with van der Waals surface area (Å²) >= 11 is 0. The van der Waals surface area contributed by atoms with Gasteiger partial charge < -0.3 is 65.1 Å². The molecule has 2 fully saturated rings. The van der Waals surface area contributed by atoms with Crippen LogP contribution in [-0.4, -0.2) is 140 Å². The highest BCUT2D eigenvalue weighted by molar-refractivity contribution is 5.76. The standard InChI is InChI=1S/C71H129NO13/c1-3-5-7-9-11-13-15-17-19-21-22-23-24-25-26-27-28-29-30-31-32-33-34-35-36-37-38-39-41-43-45-47-49-51-53-55-63(76)72-59(60(75)54-52-50-48-46-44-42-40-20-18-16-14-12-10-8-6-4-2)58-82-70-68(81)66(79)69(62(57-74)84-70)85-71-67(80)65(78)64(77)61(56-73)83-71/h5,7,11,13,17,19,22-23,52,54,59-62,64-71,73-75,77-81H,3-4,6,8-10,12,14-16,18,20-21,24-51,53,55-58H2,1-2H3,(H,72,76)/b7-5-,13-11-,19-17-,23-22-,54-52+. The predicted molar refractivity (Wildman–Crippen MR) is 346 cm³/mol. The number of unbranched alkanes of at least 4 members (excludes halogenated alkanes) is 36. The van der Waals surface area contributed by atoms with Crippen LogP contribution in [0.15, 0.2) is 60.8 Å². The van der Waals surface area contributed by atoms with Gasteiger partial charge in [-0.15, -0.1) is 0 Å². The molecule has 14 heteroatoms. The van der Waals surface area contributed by atoms with Gasteiger partial charge in [-0.05, 0) is 57.8 Å². The van der Waals surface area contributed by atoms with Crippen molar-refractivity contribution in [3.63, 3.8) is 0 Å². The molecule has 0 aromatic rings. The number of aliphatic hydroxyl groups excluding tert-OH is 8. The highest BCUT2D eigenvalue weighted by Crippen LogP contribution is 2.30. The highest BCUT2D eigenvalue weighted by atomic mass is 16.7. The van der Waals surface area contributed by atoms with Gasteiger partial charge in [0.15, 0.2) is 12.6 Å². The number of carbonyl (C=O) groups is 1. The van der Waals surface area contributed by atoms with E-state index in [2.05, 4.69) is 67.8 Å². The molecule has 12 atom stereocenters. The number of ether oxygens (including phenoxy) is 4. The van der Waals surface area contributed by atoms with Crippen molar-refractivity contribution in [3.05, 3.63) is 60.8 Å². The largest absolute Gasteiger partial charge is 0.394 e. The van der Waals surface area contributed by atoms with Crippen molar-refractivity contribution in [2.45, 2.75) is 364 Å². The molecule has 0 saturated carbocycles. The number of allylic oxidation sites excluding steroid dienone is 9. The molecule has 0 aromatic carbocycles. The van der Waals surface area contributed by atoms with Gasteiger partial charge in [0.2, 0.25) is 5.91 Å². The quantitative estimate of drug-likeness (QED) is 0.0204. The van der Waals surface area contributed by atoms with Crippen LogP contribution in [0.4, 0.5) is 0 Å². The molecular weight excluding hydrogens is 1070 g/mol. The van der Waals surface area contributed by atoms with Crippen LogP contribution in [0.5, 0.6) is 0 Å². The van der Waals surface area contributed by atoms with Crippen LogP contribution >= 0.6 is 0 Å². The molecule has 14 nitrogen and oxygen atoms in total. The number of hydrogen-bond donors (Lipinski definition) is 9. The van der Waals surface area contributed by atoms with Gasteiger partial charge >= 0.3 is 0 Å². The number of amides is 1. The van der Waals surface area contributed by atoms with E-state index >= 15 is 0 Å². The number of rotatable bonds is 57. The monoisotopic (exact) mass is 1200 g/mol. The molecule has 0 aliphatic carbocycles. The minimum atomic E-state index is -1.79. The minimum absolute atomic E-state index is 0.235. The van der Waals surface area contributed by atoms with Crippen molar-refractivity contribution in [1.29, 1.82) is 0 Å². The molecule has 0 radical (unpaired) electrons. The van der Waals surface area contributed by atoms with E-state index in [9.17, 15) is 45.6 Å². The highest BCUT2D eigenvalue weighted by Gasteiger charge is 2.51. The summed E-state index contributed by atoms with van der Waals surface area (Å²) < 4.78 is 22.8. The topological polar surface area (TPSA) is 228 Å². The van der Waals surface area contributed by atoms with Crippen molar-refractivity contribution < 1.29 is 64.6 Å². The van der Waals surface area contributed by atoms with E-state index in [0.29, 0.717) is 6.42 Å². The van der Waals surface area contributed by atoms with Gasteiger partial charge in [0.25, 0.3) is 0 Å². The Kier molecular flexibility index (Phi) is 51.7. The van der Waals surface area contributed by atoms with Gasteiger partial charge in [-0.25, -0.2) is 0 Å². The second-order valence-electron chi connectivity index (χ2n) is 24.6. The average Bonchev–Trinajstić information content (AvgIpc) is 3.70. The third kappa shape index (κ3) is 40.1. The SMILES string of the molecule is CC/C=C\C/C=C\C/C=C\C/C=C\CCCCCCCCCCCCCCCCCCCCCCCCC(=O)NC(COC1OC(CO)C(OC2OC(CO)C(O)C(O)C2O)C(O)C1O)C(O)/C=C/CCCCCCCCCCCCCCCC. The van der Waals surface area contributed by atoms with Gasteiger partial charge in [-0.2, -0.15) is 0 Å². The number of nitrogens with one attached hydrogen (secondary N) is 1. The van der Waals surface area contributed by atoms with Crippen molar-refractivity contribution >= 4 is 5.91 Å². The zero-order chi connectivity index (χ0) is 61.6. The van der Waals surface area contributed by atoms with Crippen LogP contribution in [0.25, 0.3) is 0 Å². The summed E-state index contributed by atoms with van der Waals surface area (Å²) in [5, 5.41) is 87.3. The molecule has 2 aliphatic heterocycles. The fraction of sp³-hybridized carbons (Fsp3) is 0.845. The Bertz CT molecular complexity index is 1660. The first-order valence-electron chi connectivity index (χ1n) is 35.0. The Morgan fingerprint density at radius 1 is 0.435 bits per heavy atom. The van der Waals surface area contributed by atoms with Crippen molar-refractivity contribution in [3.8, 4) is 0 Å². The molecule has 2 aliphatic rings. The van der Waals surface area contributed by atoms with Crippen LogP contribution in [0, 0.1) is 0 Å². The number of hydrogen-bond acceptors (Lipinski definition) is 13. The Hall–Kier alpha value is -2.31. The number of aliphatic hydroxyl groups is 8. The normalized spacial score (nSPS) is 23.9. The Morgan fingerprint density at radius 3 is 1.25 bits per heavy atom. The summed E-state index contributed by atoms with van der Waals surface area (Å²) in [7, 11) is 0. The third-order valence-electron chi connectivity index (χ3n) is 17.0. The van der Waals surface area contributed by atoms with E-state index in [1.165, 1.54) is 199 Å². The van der Waals surface area contributed by atoms with Gasteiger partial charge in [0.05, 0.1) is 32.0 Å². The lowest BCUT2D eigenvalue weighted by atomic mass is 9.97. The first-order chi connectivity index (χ1) is 41.6. The lowest BCUT2D eigenvalue weighted by Crippen LogP contribution is -2.65. The maximum Gasteiger partial charge on any atom is 0.220 e. The lowest BCUT2D eigenvalue weighted by molar-refractivity contribution is -0.359. The summed E-state index contributed by atoms with van der Waals surface area (Å²) in [5.41, 5.74) is 0. The Morgan fingerprint density at radius 2 is 0.812 bits per heavy atom. The van der Waals surface area contributed by atoms with E-state index in [-0.39, 0.29) is 18.9 Å². The van der Waals surface area contributed by atoms with Gasteiger partial charge in [-0.3, -0.25) is 4.79 Å². The summed E-state index contributed by atoms with van der Waals surface area (Å²) in [5.74, 6) is -0.235. The summed E-state index contributed by atoms with van der Waals surface area (Å²) in [4.78, 5) is 13.3. The Balaban J connectivity index is 1.61. The van der Waals surface area contributed by atoms with E-state index in [1.54, 1.807) is 6.08 Å². The molecular formula is C71H129NO13. The second kappa shape index (κ2) is 55.7. The van der Waals surface area contributed by atoms with Gasteiger partial charge in [0.1, 0.15) is 48.8 Å². The molecule has 9 N–H and O–H groups in total. The van der Waals surface area contributed by atoms with E-state index in [4.69, 9.17) is 18.9 Å². The minimum Gasteiger partial charge on any atom is -0.394 e. The third-order valence-corrected chi connectivity index (χ3v) is 17.0. The molecule has 85 heavy (non-hydrogen) atoms. The first kappa shape index (κ1) is 78.8. The molecule has 2 saturated heterocycles. The average molecular weight is 1200 g/mol. The summed E-state index contributed by atoms with van der Waals surface area (Å²) in [6, 6.07) is -0.914. The maximum atomic E-state index is 13.3. The fourth-order valence-corrected chi connectivity index (χ4v) is 11.4. The Labute approximate surface area is 517 Å². The van der Waals surface area contributed by atoms with Crippen LogP contribution in [0.3, 0.4) is 0 Å². The van der Waals surface area contributed by atoms with Crippen LogP contribution in [0.2, 0.25) is 0 Å². The molecule has 12 unspecified atom stereocenters. The lowest BCUT2D eigenvalue weighted by Gasteiger charge is -2.46. The van der Waals surface area contributed by atoms with E-state index in [1.807, 2.05) is 6.08 Å². The molecule has 0 spiro atoms. The molecule has 2 heterocycles. The van der Waals surface area contributed by atoms with Crippen molar-refractivity contribution in [2.24, 2.45) is 0 Å². The molecule has 496 valence electrons. The zero-order valence-corrected chi connectivity index (χ0v) is 53.8. The van der Waals surface area contributed by atoms with Crippen molar-refractivity contribution in [1.82, 2.24) is 5.32 Å². The maximum absolute atomic E-state index is 13.3. The van der Waals surface area contributed by atoms with Crippen molar-refractivity contribution in [2.75, 3.05) is 19.8 Å². The summed E-state index contributed by atoms with van der Waals surface area (Å²) in [6.07, 6.45) is 57.1. The summed E-state index contributed by atoms with van der Waals surface area (Å²) in [6.45, 7) is 2.71. The zero-order valence-electron chi connectivity index (χ0n) is 53.8. The van der Waals surface area contributed by atoms with E-state index in [0.717, 1.165) is 64.2 Å². The smallest absolute Gasteiger partial charge is 0.220 e. The van der Waals surface area contributed by atoms with Crippen LogP contribution < -0.4 is 5.32 Å². The fourth-order valence-electron chi connectivity index (χ4n) is 11.4. The number of carbonyl (C=O) groups excluding carboxylic acids is 1.